The molecule has 1 aliphatic rings. The minimum atomic E-state index is -0.336. The van der Waals surface area contributed by atoms with E-state index in [-0.39, 0.29) is 6.09 Å². The van der Waals surface area contributed by atoms with E-state index < -0.39 is 0 Å². The lowest BCUT2D eigenvalue weighted by atomic mass is 10.00. The van der Waals surface area contributed by atoms with Gasteiger partial charge in [-0.25, -0.2) is 4.79 Å². The number of nitrogens with one attached hydrogen (secondary N) is 2. The Morgan fingerprint density at radius 1 is 1.73 bits per heavy atom. The molecule has 0 radical (unpaired) electrons. The van der Waals surface area contributed by atoms with Crippen molar-refractivity contribution >= 4 is 6.09 Å². The summed E-state index contributed by atoms with van der Waals surface area (Å²) in [5.74, 6) is 0.743. The molecule has 0 aromatic heterocycles. The minimum Gasteiger partial charge on any atom is -0.453 e. The number of rotatable bonds is 3. The van der Waals surface area contributed by atoms with Crippen LogP contribution in [-0.2, 0) is 4.74 Å². The molecule has 0 aliphatic carbocycles. The normalized spacial score (nSPS) is 17.2. The Hall–Kier alpha value is -0.770. The van der Waals surface area contributed by atoms with Crippen LogP contribution in [-0.4, -0.2) is 32.8 Å². The molecule has 1 fully saturated rings. The maximum atomic E-state index is 10.6. The van der Waals surface area contributed by atoms with Crippen LogP contribution in [0.25, 0.3) is 0 Å². The number of alkyl carbamates (subject to hydrolysis) is 1. The molecule has 0 aromatic carbocycles. The number of methoxy groups -OCH3 is 1. The van der Waals surface area contributed by atoms with Crippen molar-refractivity contribution in [3.8, 4) is 0 Å². The third-order valence-electron chi connectivity index (χ3n) is 1.87. The fourth-order valence-electron chi connectivity index (χ4n) is 1.00. The van der Waals surface area contributed by atoms with Crippen LogP contribution in [0.3, 0.4) is 0 Å². The molecule has 64 valence electrons. The fraction of sp³-hybridized carbons (Fsp3) is 0.857. The van der Waals surface area contributed by atoms with E-state index in [1.807, 2.05) is 0 Å². The summed E-state index contributed by atoms with van der Waals surface area (Å²) in [7, 11) is 1.38. The van der Waals surface area contributed by atoms with Gasteiger partial charge in [-0.15, -0.1) is 0 Å². The highest BCUT2D eigenvalue weighted by Crippen LogP contribution is 2.06. The van der Waals surface area contributed by atoms with Crippen molar-refractivity contribution in [2.24, 2.45) is 5.92 Å². The van der Waals surface area contributed by atoms with Gasteiger partial charge in [0.25, 0.3) is 0 Å². The van der Waals surface area contributed by atoms with Gasteiger partial charge in [-0.2, -0.15) is 0 Å². The summed E-state index contributed by atoms with van der Waals surface area (Å²) in [4.78, 5) is 10.6. The monoisotopic (exact) mass is 158 g/mol. The SMILES string of the molecule is COC(=O)NCCC1CNC1. The number of amides is 1. The van der Waals surface area contributed by atoms with Gasteiger partial charge < -0.3 is 15.4 Å². The lowest BCUT2D eigenvalue weighted by molar-refractivity contribution is 0.169. The second-order valence-corrected chi connectivity index (χ2v) is 2.73. The Kier molecular flexibility index (Phi) is 3.16. The topological polar surface area (TPSA) is 50.4 Å². The standard InChI is InChI=1S/C7H14N2O2/c1-11-7(10)9-3-2-6-4-8-5-6/h6,8H,2-5H2,1H3,(H,9,10). The van der Waals surface area contributed by atoms with Crippen molar-refractivity contribution in [1.82, 2.24) is 10.6 Å². The van der Waals surface area contributed by atoms with Crippen molar-refractivity contribution in [2.45, 2.75) is 6.42 Å². The van der Waals surface area contributed by atoms with E-state index in [9.17, 15) is 4.79 Å². The Morgan fingerprint density at radius 2 is 2.45 bits per heavy atom. The van der Waals surface area contributed by atoms with Crippen LogP contribution in [0.2, 0.25) is 0 Å². The number of carbonyl (C=O) groups excluding carboxylic acids is 1. The molecule has 1 heterocycles. The first-order valence-electron chi connectivity index (χ1n) is 3.85. The summed E-state index contributed by atoms with van der Waals surface area (Å²) in [6, 6.07) is 0. The third kappa shape index (κ3) is 2.76. The molecular weight excluding hydrogens is 144 g/mol. The van der Waals surface area contributed by atoms with Crippen LogP contribution in [0.4, 0.5) is 4.79 Å². The molecule has 11 heavy (non-hydrogen) atoms. The van der Waals surface area contributed by atoms with E-state index in [1.165, 1.54) is 7.11 Å². The van der Waals surface area contributed by atoms with Gasteiger partial charge in [-0.1, -0.05) is 0 Å². The number of hydrogen-bond donors (Lipinski definition) is 2. The summed E-state index contributed by atoms with van der Waals surface area (Å²) >= 11 is 0. The smallest absolute Gasteiger partial charge is 0.406 e. The summed E-state index contributed by atoms with van der Waals surface area (Å²) in [6.07, 6.45) is 0.708. The molecule has 0 atom stereocenters. The van der Waals surface area contributed by atoms with Crippen molar-refractivity contribution in [1.29, 1.82) is 0 Å². The van der Waals surface area contributed by atoms with E-state index in [1.54, 1.807) is 0 Å². The van der Waals surface area contributed by atoms with Crippen LogP contribution >= 0.6 is 0 Å². The molecule has 2 N–H and O–H groups in total. The molecule has 0 bridgehead atoms. The van der Waals surface area contributed by atoms with Crippen LogP contribution in [0.5, 0.6) is 0 Å². The minimum absolute atomic E-state index is 0.336. The molecule has 0 saturated carbocycles. The van der Waals surface area contributed by atoms with Crippen molar-refractivity contribution < 1.29 is 9.53 Å². The average molecular weight is 158 g/mol. The first-order chi connectivity index (χ1) is 5.33. The second kappa shape index (κ2) is 4.18. The van der Waals surface area contributed by atoms with Gasteiger partial charge in [-0.05, 0) is 25.4 Å². The van der Waals surface area contributed by atoms with Crippen LogP contribution < -0.4 is 10.6 Å². The van der Waals surface area contributed by atoms with Crippen LogP contribution in [0.1, 0.15) is 6.42 Å². The molecule has 1 amide bonds. The lowest BCUT2D eigenvalue weighted by Gasteiger charge is -2.26. The molecule has 1 rings (SSSR count). The molecule has 4 nitrogen and oxygen atoms in total. The zero-order valence-electron chi connectivity index (χ0n) is 6.72. The maximum absolute atomic E-state index is 10.6. The van der Waals surface area contributed by atoms with Crippen molar-refractivity contribution in [3.05, 3.63) is 0 Å². The highest BCUT2D eigenvalue weighted by molar-refractivity contribution is 5.66. The van der Waals surface area contributed by atoms with Crippen LogP contribution in [0, 0.1) is 5.92 Å². The largest absolute Gasteiger partial charge is 0.453 e. The van der Waals surface area contributed by atoms with Gasteiger partial charge in [0.1, 0.15) is 0 Å². The Morgan fingerprint density at radius 3 is 2.91 bits per heavy atom. The molecule has 0 aromatic rings. The first kappa shape index (κ1) is 8.33. The third-order valence-corrected chi connectivity index (χ3v) is 1.87. The van der Waals surface area contributed by atoms with Crippen molar-refractivity contribution in [2.75, 3.05) is 26.7 Å². The highest BCUT2D eigenvalue weighted by Gasteiger charge is 2.15. The highest BCUT2D eigenvalue weighted by atomic mass is 16.5. The summed E-state index contributed by atoms with van der Waals surface area (Å²) in [5.41, 5.74) is 0. The summed E-state index contributed by atoms with van der Waals surface area (Å²) in [5, 5.41) is 5.81. The fourth-order valence-corrected chi connectivity index (χ4v) is 1.00. The van der Waals surface area contributed by atoms with E-state index in [4.69, 9.17) is 0 Å². The number of hydrogen-bond acceptors (Lipinski definition) is 3. The maximum Gasteiger partial charge on any atom is 0.406 e. The zero-order chi connectivity index (χ0) is 8.10. The van der Waals surface area contributed by atoms with Gasteiger partial charge in [0, 0.05) is 6.54 Å². The van der Waals surface area contributed by atoms with Crippen LogP contribution in [0.15, 0.2) is 0 Å². The Labute approximate surface area is 66.3 Å². The Bertz CT molecular complexity index is 134. The van der Waals surface area contributed by atoms with Gasteiger partial charge in [0.2, 0.25) is 0 Å². The van der Waals surface area contributed by atoms with Gasteiger partial charge in [0.05, 0.1) is 7.11 Å². The van der Waals surface area contributed by atoms with E-state index in [0.29, 0.717) is 0 Å². The van der Waals surface area contributed by atoms with Gasteiger partial charge in [0.15, 0.2) is 0 Å². The molecular formula is C7H14N2O2. The number of ether oxygens (including phenoxy) is 1. The zero-order valence-corrected chi connectivity index (χ0v) is 6.72. The summed E-state index contributed by atoms with van der Waals surface area (Å²) in [6.45, 7) is 2.89. The van der Waals surface area contributed by atoms with Gasteiger partial charge >= 0.3 is 6.09 Å². The molecule has 1 saturated heterocycles. The van der Waals surface area contributed by atoms with E-state index in [0.717, 1.165) is 32.0 Å². The Balaban J connectivity index is 1.90. The quantitative estimate of drug-likeness (QED) is 0.605. The van der Waals surface area contributed by atoms with E-state index >= 15 is 0 Å². The van der Waals surface area contributed by atoms with E-state index in [2.05, 4.69) is 15.4 Å². The van der Waals surface area contributed by atoms with Crippen molar-refractivity contribution in [3.63, 3.8) is 0 Å². The molecule has 4 heteroatoms. The predicted molar refractivity (Wildman–Crippen MR) is 41.4 cm³/mol. The van der Waals surface area contributed by atoms with Gasteiger partial charge in [-0.3, -0.25) is 0 Å². The second-order valence-electron chi connectivity index (χ2n) is 2.73. The average Bonchev–Trinajstić information content (AvgIpc) is 1.94. The molecule has 0 unspecified atom stereocenters. The lowest BCUT2D eigenvalue weighted by Crippen LogP contribution is -2.43. The molecule has 0 spiro atoms. The molecule has 1 aliphatic heterocycles. The summed E-state index contributed by atoms with van der Waals surface area (Å²) < 4.78 is 4.42. The predicted octanol–water partition coefficient (Wildman–Crippen LogP) is -0.0481. The number of carbonyl (C=O) groups is 1. The first-order valence-corrected chi connectivity index (χ1v) is 3.85.